The summed E-state index contributed by atoms with van der Waals surface area (Å²) in [5.74, 6) is -0.0661. The number of aromatic nitrogens is 3. The van der Waals surface area contributed by atoms with E-state index in [0.29, 0.717) is 18.1 Å². The fraction of sp³-hybridized carbons (Fsp3) is 0.526. The van der Waals surface area contributed by atoms with Gasteiger partial charge in [-0.25, -0.2) is 14.1 Å². The molecule has 1 aromatic carbocycles. The normalized spacial score (nSPS) is 16.0. The van der Waals surface area contributed by atoms with E-state index in [4.69, 9.17) is 0 Å². The average Bonchev–Trinajstić information content (AvgIpc) is 3.06. The minimum atomic E-state index is -0.395. The molecule has 1 saturated heterocycles. The van der Waals surface area contributed by atoms with E-state index in [1.54, 1.807) is 18.2 Å². The molecule has 1 fully saturated rings. The lowest BCUT2D eigenvalue weighted by Gasteiger charge is -2.33. The van der Waals surface area contributed by atoms with E-state index in [0.717, 1.165) is 25.9 Å². The monoisotopic (exact) mass is 395 g/mol. The number of hydrogen-bond acceptors (Lipinski definition) is 4. The molecule has 3 rings (SSSR count). The second-order valence-electron chi connectivity index (χ2n) is 7.55. The smallest absolute Gasteiger partial charge is 0.291 e. The molecule has 0 radical (unpaired) electrons. The first kappa shape index (κ1) is 21.3. The van der Waals surface area contributed by atoms with Gasteiger partial charge in [-0.05, 0) is 43.5 Å². The number of hydrogen-bond donors (Lipinski definition) is 2. The highest BCUT2D eigenvalue weighted by molar-refractivity contribution is 5.90. The molecular formula is C19H27ClFN5O. The zero-order valence-electron chi connectivity index (χ0n) is 16.0. The van der Waals surface area contributed by atoms with Crippen molar-refractivity contribution < 1.29 is 9.18 Å². The van der Waals surface area contributed by atoms with Crippen LogP contribution in [0.25, 0.3) is 5.69 Å². The number of para-hydroxylation sites is 1. The zero-order valence-corrected chi connectivity index (χ0v) is 16.8. The SMILES string of the molecule is CC(C)c1nc(C(=O)NCC2(C)CCNCC2)nn1-c1ccccc1F.Cl. The Labute approximate surface area is 165 Å². The van der Waals surface area contributed by atoms with Gasteiger partial charge < -0.3 is 10.6 Å². The van der Waals surface area contributed by atoms with E-state index in [1.165, 1.54) is 10.7 Å². The summed E-state index contributed by atoms with van der Waals surface area (Å²) in [6, 6.07) is 6.37. The van der Waals surface area contributed by atoms with E-state index in [9.17, 15) is 9.18 Å². The number of nitrogens with zero attached hydrogens (tertiary/aromatic N) is 3. The molecular weight excluding hydrogens is 369 g/mol. The molecule has 0 atom stereocenters. The van der Waals surface area contributed by atoms with Crippen molar-refractivity contribution in [3.8, 4) is 5.69 Å². The lowest BCUT2D eigenvalue weighted by Crippen LogP contribution is -2.43. The molecule has 2 aromatic rings. The van der Waals surface area contributed by atoms with Crippen LogP contribution in [-0.4, -0.2) is 40.3 Å². The summed E-state index contributed by atoms with van der Waals surface area (Å²) in [5, 5.41) is 10.6. The standard InChI is InChI=1S/C19H26FN5O.ClH/c1-13(2)17-23-16(24-25(17)15-7-5-4-6-14(15)20)18(26)22-12-19(3)8-10-21-11-9-19;/h4-7,13,21H,8-12H2,1-3H3,(H,22,26);1H. The third-order valence-electron chi connectivity index (χ3n) is 4.92. The Morgan fingerprint density at radius 1 is 1.33 bits per heavy atom. The van der Waals surface area contributed by atoms with Gasteiger partial charge in [-0.2, -0.15) is 0 Å². The number of halogens is 2. The Hall–Kier alpha value is -1.99. The lowest BCUT2D eigenvalue weighted by molar-refractivity contribution is 0.0912. The summed E-state index contributed by atoms with van der Waals surface area (Å²) in [5.41, 5.74) is 0.378. The van der Waals surface area contributed by atoms with Crippen molar-refractivity contribution >= 4 is 18.3 Å². The Morgan fingerprint density at radius 2 is 2.00 bits per heavy atom. The fourth-order valence-electron chi connectivity index (χ4n) is 3.17. The van der Waals surface area contributed by atoms with Gasteiger partial charge in [0, 0.05) is 12.5 Å². The van der Waals surface area contributed by atoms with Gasteiger partial charge in [-0.1, -0.05) is 32.9 Å². The molecule has 0 saturated carbocycles. The number of piperidine rings is 1. The molecule has 0 aliphatic carbocycles. The van der Waals surface area contributed by atoms with Gasteiger partial charge in [0.1, 0.15) is 17.3 Å². The van der Waals surface area contributed by atoms with Gasteiger partial charge in [-0.15, -0.1) is 17.5 Å². The van der Waals surface area contributed by atoms with Gasteiger partial charge in [0.15, 0.2) is 0 Å². The maximum atomic E-state index is 14.2. The predicted molar refractivity (Wildman–Crippen MR) is 105 cm³/mol. The highest BCUT2D eigenvalue weighted by atomic mass is 35.5. The molecule has 1 aromatic heterocycles. The molecule has 1 aliphatic rings. The summed E-state index contributed by atoms with van der Waals surface area (Å²) in [4.78, 5) is 16.9. The predicted octanol–water partition coefficient (Wildman–Crippen LogP) is 3.07. The van der Waals surface area contributed by atoms with Crippen molar-refractivity contribution in [3.63, 3.8) is 0 Å². The first-order valence-electron chi connectivity index (χ1n) is 9.10. The topological polar surface area (TPSA) is 71.8 Å². The minimum Gasteiger partial charge on any atom is -0.349 e. The van der Waals surface area contributed by atoms with E-state index in [1.807, 2.05) is 13.8 Å². The molecule has 27 heavy (non-hydrogen) atoms. The fourth-order valence-corrected chi connectivity index (χ4v) is 3.17. The number of rotatable bonds is 5. The number of carbonyl (C=O) groups is 1. The second kappa shape index (κ2) is 8.80. The van der Waals surface area contributed by atoms with Crippen molar-refractivity contribution in [2.24, 2.45) is 5.41 Å². The number of nitrogens with one attached hydrogen (secondary N) is 2. The third-order valence-corrected chi connectivity index (χ3v) is 4.92. The third kappa shape index (κ3) is 4.84. The average molecular weight is 396 g/mol. The van der Waals surface area contributed by atoms with E-state index in [-0.39, 0.29) is 35.5 Å². The molecule has 6 nitrogen and oxygen atoms in total. The van der Waals surface area contributed by atoms with Crippen molar-refractivity contribution in [2.75, 3.05) is 19.6 Å². The Bertz CT molecular complexity index is 786. The largest absolute Gasteiger partial charge is 0.349 e. The first-order chi connectivity index (χ1) is 12.4. The molecule has 2 heterocycles. The first-order valence-corrected chi connectivity index (χ1v) is 9.10. The van der Waals surface area contributed by atoms with Crippen LogP contribution in [0.4, 0.5) is 4.39 Å². The van der Waals surface area contributed by atoms with Crippen LogP contribution < -0.4 is 10.6 Å². The van der Waals surface area contributed by atoms with Gasteiger partial charge >= 0.3 is 0 Å². The molecule has 8 heteroatoms. The van der Waals surface area contributed by atoms with Crippen molar-refractivity contribution in [2.45, 2.75) is 39.5 Å². The van der Waals surface area contributed by atoms with Gasteiger partial charge in [-0.3, -0.25) is 4.79 Å². The van der Waals surface area contributed by atoms with Gasteiger partial charge in [0.2, 0.25) is 5.82 Å². The molecule has 0 spiro atoms. The van der Waals surface area contributed by atoms with E-state index < -0.39 is 5.82 Å². The van der Waals surface area contributed by atoms with E-state index >= 15 is 0 Å². The summed E-state index contributed by atoms with van der Waals surface area (Å²) in [6.45, 7) is 8.57. The maximum Gasteiger partial charge on any atom is 0.291 e. The quantitative estimate of drug-likeness (QED) is 0.816. The van der Waals surface area contributed by atoms with Crippen LogP contribution in [0.1, 0.15) is 56.0 Å². The summed E-state index contributed by atoms with van der Waals surface area (Å²) < 4.78 is 15.6. The highest BCUT2D eigenvalue weighted by Crippen LogP contribution is 2.27. The number of amides is 1. The molecule has 1 amide bonds. The Kier molecular flexibility index (Phi) is 6.95. The summed E-state index contributed by atoms with van der Waals surface area (Å²) in [7, 11) is 0. The van der Waals surface area contributed by atoms with Gasteiger partial charge in [0.25, 0.3) is 5.91 Å². The number of benzene rings is 1. The van der Waals surface area contributed by atoms with Crippen molar-refractivity contribution in [1.29, 1.82) is 0 Å². The van der Waals surface area contributed by atoms with Crippen LogP contribution in [0, 0.1) is 11.2 Å². The number of carbonyl (C=O) groups excluding carboxylic acids is 1. The van der Waals surface area contributed by atoms with Gasteiger partial charge in [0.05, 0.1) is 0 Å². The van der Waals surface area contributed by atoms with Crippen LogP contribution in [0.15, 0.2) is 24.3 Å². The molecule has 2 N–H and O–H groups in total. The van der Waals surface area contributed by atoms with Crippen molar-refractivity contribution in [1.82, 2.24) is 25.4 Å². The Balaban J connectivity index is 0.00000261. The minimum absolute atomic E-state index is 0. The summed E-state index contributed by atoms with van der Waals surface area (Å²) in [6.07, 6.45) is 2.03. The summed E-state index contributed by atoms with van der Waals surface area (Å²) >= 11 is 0. The molecule has 1 aliphatic heterocycles. The van der Waals surface area contributed by atoms with Crippen LogP contribution in [0.2, 0.25) is 0 Å². The van der Waals surface area contributed by atoms with E-state index in [2.05, 4.69) is 27.6 Å². The highest BCUT2D eigenvalue weighted by Gasteiger charge is 2.28. The zero-order chi connectivity index (χ0) is 18.7. The van der Waals surface area contributed by atoms with Crippen LogP contribution in [-0.2, 0) is 0 Å². The molecule has 0 unspecified atom stereocenters. The second-order valence-corrected chi connectivity index (χ2v) is 7.55. The van der Waals surface area contributed by atoms with Crippen LogP contribution in [0.5, 0.6) is 0 Å². The maximum absolute atomic E-state index is 14.2. The van der Waals surface area contributed by atoms with Crippen LogP contribution >= 0.6 is 12.4 Å². The van der Waals surface area contributed by atoms with Crippen LogP contribution in [0.3, 0.4) is 0 Å². The lowest BCUT2D eigenvalue weighted by atomic mass is 9.81. The molecule has 0 bridgehead atoms. The van der Waals surface area contributed by atoms with Crippen molar-refractivity contribution in [3.05, 3.63) is 41.7 Å². The Morgan fingerprint density at radius 3 is 2.63 bits per heavy atom. The molecule has 148 valence electrons.